The van der Waals surface area contributed by atoms with Crippen LogP contribution in [0.3, 0.4) is 0 Å². The average Bonchev–Trinajstić information content (AvgIpc) is 3.27. The Kier molecular flexibility index (Phi) is 4.41. The molecule has 0 aromatic heterocycles. The van der Waals surface area contributed by atoms with Gasteiger partial charge >= 0.3 is 12.0 Å². The van der Waals surface area contributed by atoms with Crippen molar-refractivity contribution in [1.29, 1.82) is 0 Å². The first-order valence-electron chi connectivity index (χ1n) is 8.49. The molecule has 1 saturated carbocycles. The van der Waals surface area contributed by atoms with Gasteiger partial charge in [-0.25, -0.2) is 4.79 Å². The van der Waals surface area contributed by atoms with Crippen molar-refractivity contribution in [3.05, 3.63) is 29.3 Å². The highest BCUT2D eigenvalue weighted by atomic mass is 16.4. The van der Waals surface area contributed by atoms with E-state index < -0.39 is 11.4 Å². The van der Waals surface area contributed by atoms with Crippen LogP contribution in [-0.2, 0) is 4.79 Å². The highest BCUT2D eigenvalue weighted by Crippen LogP contribution is 2.30. The van der Waals surface area contributed by atoms with Crippen LogP contribution < -0.4 is 10.6 Å². The molecule has 0 bridgehead atoms. The van der Waals surface area contributed by atoms with Gasteiger partial charge in [-0.15, -0.1) is 0 Å². The minimum absolute atomic E-state index is 0.141. The molecule has 1 saturated heterocycles. The Labute approximate surface area is 146 Å². The van der Waals surface area contributed by atoms with E-state index in [0.29, 0.717) is 24.2 Å². The van der Waals surface area contributed by atoms with Gasteiger partial charge in [0.15, 0.2) is 0 Å². The lowest BCUT2D eigenvalue weighted by Gasteiger charge is -2.21. The van der Waals surface area contributed by atoms with Crippen LogP contribution in [0.15, 0.2) is 18.2 Å². The molecule has 3 amide bonds. The number of aliphatic carboxylic acids is 1. The molecule has 7 nitrogen and oxygen atoms in total. The maximum absolute atomic E-state index is 12.5. The van der Waals surface area contributed by atoms with Crippen LogP contribution >= 0.6 is 0 Å². The van der Waals surface area contributed by atoms with Crippen LogP contribution in [0.4, 0.5) is 10.5 Å². The molecule has 1 atom stereocenters. The number of hydrogen-bond donors (Lipinski definition) is 3. The summed E-state index contributed by atoms with van der Waals surface area (Å²) in [6.07, 6.45) is 2.45. The lowest BCUT2D eigenvalue weighted by molar-refractivity contribution is -0.146. The fraction of sp³-hybridized carbons (Fsp3) is 0.500. The molecule has 25 heavy (non-hydrogen) atoms. The molecular weight excluding hydrogens is 322 g/mol. The van der Waals surface area contributed by atoms with Crippen LogP contribution in [0.2, 0.25) is 0 Å². The summed E-state index contributed by atoms with van der Waals surface area (Å²) >= 11 is 0. The van der Waals surface area contributed by atoms with Crippen LogP contribution in [0.5, 0.6) is 0 Å². The first kappa shape index (κ1) is 17.3. The lowest BCUT2D eigenvalue weighted by atomic mass is 9.90. The van der Waals surface area contributed by atoms with E-state index in [0.717, 1.165) is 18.4 Å². The number of carbonyl (C=O) groups excluding carboxylic acids is 2. The van der Waals surface area contributed by atoms with Crippen molar-refractivity contribution in [3.63, 3.8) is 0 Å². The van der Waals surface area contributed by atoms with Gasteiger partial charge in [0.1, 0.15) is 0 Å². The molecule has 0 spiro atoms. The third-order valence-electron chi connectivity index (χ3n) is 4.93. The summed E-state index contributed by atoms with van der Waals surface area (Å²) in [5.74, 6) is -1.03. The van der Waals surface area contributed by atoms with Crippen molar-refractivity contribution in [2.45, 2.75) is 39.2 Å². The SMILES string of the molecule is Cc1ccc(C(=O)NC2CC2)cc1NC(=O)N1CCC(C)(C(=O)O)C1. The molecule has 1 aromatic rings. The molecule has 3 N–H and O–H groups in total. The number of aryl methyl sites for hydroxylation is 1. The number of carboxylic acids is 1. The molecule has 134 valence electrons. The Hall–Kier alpha value is -2.57. The van der Waals surface area contributed by atoms with Crippen LogP contribution in [0.25, 0.3) is 0 Å². The van der Waals surface area contributed by atoms with Crippen molar-refractivity contribution >= 4 is 23.6 Å². The van der Waals surface area contributed by atoms with Gasteiger partial charge in [-0.2, -0.15) is 0 Å². The van der Waals surface area contributed by atoms with E-state index in [9.17, 15) is 19.5 Å². The van der Waals surface area contributed by atoms with E-state index in [2.05, 4.69) is 10.6 Å². The fourth-order valence-electron chi connectivity index (χ4n) is 2.90. The second-order valence-electron chi connectivity index (χ2n) is 7.24. The van der Waals surface area contributed by atoms with Crippen molar-refractivity contribution in [3.8, 4) is 0 Å². The number of carboxylic acid groups (broad SMARTS) is 1. The van der Waals surface area contributed by atoms with Crippen molar-refractivity contribution in [1.82, 2.24) is 10.2 Å². The van der Waals surface area contributed by atoms with E-state index in [1.807, 2.05) is 6.92 Å². The molecular formula is C18H23N3O4. The number of amides is 3. The Morgan fingerprint density at radius 1 is 1.28 bits per heavy atom. The van der Waals surface area contributed by atoms with Crippen LogP contribution in [0, 0.1) is 12.3 Å². The maximum Gasteiger partial charge on any atom is 0.321 e. The molecule has 0 radical (unpaired) electrons. The second kappa shape index (κ2) is 6.38. The summed E-state index contributed by atoms with van der Waals surface area (Å²) in [7, 11) is 0. The van der Waals surface area contributed by atoms with Gasteiger partial charge in [0, 0.05) is 30.4 Å². The molecule has 2 aliphatic rings. The topological polar surface area (TPSA) is 98.7 Å². The van der Waals surface area contributed by atoms with E-state index in [4.69, 9.17) is 0 Å². The van der Waals surface area contributed by atoms with E-state index in [1.165, 1.54) is 4.90 Å². The van der Waals surface area contributed by atoms with Gasteiger partial charge in [-0.05, 0) is 50.8 Å². The molecule has 1 unspecified atom stereocenters. The molecule has 1 heterocycles. The summed E-state index contributed by atoms with van der Waals surface area (Å²) in [4.78, 5) is 37.4. The summed E-state index contributed by atoms with van der Waals surface area (Å²) in [5.41, 5.74) is 1.01. The number of anilines is 1. The summed E-state index contributed by atoms with van der Waals surface area (Å²) in [6, 6.07) is 5.12. The highest BCUT2D eigenvalue weighted by Gasteiger charge is 2.42. The summed E-state index contributed by atoms with van der Waals surface area (Å²) in [5, 5.41) is 15.0. The number of nitrogens with zero attached hydrogens (tertiary/aromatic N) is 1. The zero-order valence-corrected chi connectivity index (χ0v) is 14.5. The minimum atomic E-state index is -0.904. The molecule has 1 aromatic carbocycles. The third-order valence-corrected chi connectivity index (χ3v) is 4.93. The van der Waals surface area contributed by atoms with Gasteiger partial charge in [0.05, 0.1) is 5.41 Å². The number of rotatable bonds is 4. The number of carbonyl (C=O) groups is 3. The molecule has 3 rings (SSSR count). The molecule has 7 heteroatoms. The Balaban J connectivity index is 1.68. The number of hydrogen-bond acceptors (Lipinski definition) is 3. The summed E-state index contributed by atoms with van der Waals surface area (Å²) in [6.45, 7) is 4.07. The fourth-order valence-corrected chi connectivity index (χ4v) is 2.90. The number of benzene rings is 1. The monoisotopic (exact) mass is 345 g/mol. The predicted octanol–water partition coefficient (Wildman–Crippen LogP) is 2.22. The van der Waals surface area contributed by atoms with Gasteiger partial charge in [-0.1, -0.05) is 6.07 Å². The standard InChI is InChI=1S/C18H23N3O4/c1-11-3-4-12(15(22)19-13-5-6-13)9-14(11)20-17(25)21-8-7-18(2,10-21)16(23)24/h3-4,9,13H,5-8,10H2,1-2H3,(H,19,22)(H,20,25)(H,23,24). The maximum atomic E-state index is 12.5. The molecule has 2 fully saturated rings. The van der Waals surface area contributed by atoms with Gasteiger partial charge in [-0.3, -0.25) is 9.59 Å². The van der Waals surface area contributed by atoms with Crippen molar-refractivity contribution in [2.75, 3.05) is 18.4 Å². The first-order valence-corrected chi connectivity index (χ1v) is 8.49. The lowest BCUT2D eigenvalue weighted by Crippen LogP contribution is -2.37. The summed E-state index contributed by atoms with van der Waals surface area (Å²) < 4.78 is 0. The largest absolute Gasteiger partial charge is 0.481 e. The highest BCUT2D eigenvalue weighted by molar-refractivity contribution is 5.98. The van der Waals surface area contributed by atoms with Crippen LogP contribution in [0.1, 0.15) is 42.1 Å². The normalized spacial score (nSPS) is 22.6. The molecule has 1 aliphatic heterocycles. The number of nitrogens with one attached hydrogen (secondary N) is 2. The van der Waals surface area contributed by atoms with Crippen molar-refractivity contribution < 1.29 is 19.5 Å². The Morgan fingerprint density at radius 2 is 2.00 bits per heavy atom. The smallest absolute Gasteiger partial charge is 0.321 e. The van der Waals surface area contributed by atoms with E-state index in [1.54, 1.807) is 25.1 Å². The second-order valence-corrected chi connectivity index (χ2v) is 7.24. The van der Waals surface area contributed by atoms with E-state index >= 15 is 0 Å². The third kappa shape index (κ3) is 3.75. The van der Waals surface area contributed by atoms with Gasteiger partial charge in [0.2, 0.25) is 0 Å². The average molecular weight is 345 g/mol. The Bertz CT molecular complexity index is 729. The minimum Gasteiger partial charge on any atom is -0.481 e. The van der Waals surface area contributed by atoms with Gasteiger partial charge < -0.3 is 20.6 Å². The zero-order valence-electron chi connectivity index (χ0n) is 14.5. The quantitative estimate of drug-likeness (QED) is 0.779. The van der Waals surface area contributed by atoms with E-state index in [-0.39, 0.29) is 24.5 Å². The molecule has 1 aliphatic carbocycles. The number of urea groups is 1. The Morgan fingerprint density at radius 3 is 2.60 bits per heavy atom. The van der Waals surface area contributed by atoms with Crippen molar-refractivity contribution in [2.24, 2.45) is 5.41 Å². The predicted molar refractivity (Wildman–Crippen MR) is 92.6 cm³/mol. The first-order chi connectivity index (χ1) is 11.8. The number of likely N-dealkylation sites (tertiary alicyclic amines) is 1. The zero-order chi connectivity index (χ0) is 18.2. The van der Waals surface area contributed by atoms with Gasteiger partial charge in [0.25, 0.3) is 5.91 Å². The van der Waals surface area contributed by atoms with Crippen LogP contribution in [-0.4, -0.2) is 47.0 Å².